The molecule has 1 heterocycles. The molecule has 0 radical (unpaired) electrons. The van der Waals surface area contributed by atoms with Gasteiger partial charge in [-0.2, -0.15) is 5.10 Å². The zero-order chi connectivity index (χ0) is 20.4. The van der Waals surface area contributed by atoms with E-state index < -0.39 is 0 Å². The Bertz CT molecular complexity index is 759. The molecule has 2 rings (SSSR count). The van der Waals surface area contributed by atoms with Gasteiger partial charge in [0, 0.05) is 19.2 Å². The monoisotopic (exact) mass is 514 g/mol. The number of aliphatic imine (C=N–C) groups is 1. The number of rotatable bonds is 10. The lowest BCUT2D eigenvalue weighted by atomic mass is 10.1. The molecular formula is C21H35IN6O. The van der Waals surface area contributed by atoms with Crippen LogP contribution in [0.1, 0.15) is 50.6 Å². The largest absolute Gasteiger partial charge is 0.493 e. The summed E-state index contributed by atoms with van der Waals surface area (Å²) < 4.78 is 7.81. The van der Waals surface area contributed by atoms with Crippen LogP contribution in [0.25, 0.3) is 0 Å². The molecule has 0 saturated carbocycles. The van der Waals surface area contributed by atoms with Crippen molar-refractivity contribution in [2.45, 2.75) is 53.6 Å². The Morgan fingerprint density at radius 2 is 2.07 bits per heavy atom. The van der Waals surface area contributed by atoms with E-state index in [1.807, 2.05) is 7.05 Å². The standard InChI is InChI=1S/C21H34N6O.HI/c1-6-22-21(24-14-20-25-15-26-27(20)5)23-13-18-10-9-17(4)12-19(18)28-11-7-8-16(2)3;/h9-10,12,15-16H,6-8,11,13-14H2,1-5H3,(H2,22,23,24);1H. The lowest BCUT2D eigenvalue weighted by molar-refractivity contribution is 0.295. The predicted molar refractivity (Wildman–Crippen MR) is 129 cm³/mol. The van der Waals surface area contributed by atoms with Crippen molar-refractivity contribution in [3.05, 3.63) is 41.5 Å². The van der Waals surface area contributed by atoms with Gasteiger partial charge in [-0.3, -0.25) is 4.68 Å². The van der Waals surface area contributed by atoms with Crippen LogP contribution in [0.4, 0.5) is 0 Å². The smallest absolute Gasteiger partial charge is 0.191 e. The number of benzene rings is 1. The molecule has 2 N–H and O–H groups in total. The summed E-state index contributed by atoms with van der Waals surface area (Å²) in [7, 11) is 1.88. The quantitative estimate of drug-likeness (QED) is 0.218. The van der Waals surface area contributed by atoms with Crippen molar-refractivity contribution in [1.29, 1.82) is 0 Å². The first-order chi connectivity index (χ1) is 13.5. The highest BCUT2D eigenvalue weighted by molar-refractivity contribution is 14.0. The summed E-state index contributed by atoms with van der Waals surface area (Å²) in [6.07, 6.45) is 3.79. The fourth-order valence-electron chi connectivity index (χ4n) is 2.75. The number of ether oxygens (including phenoxy) is 1. The van der Waals surface area contributed by atoms with Crippen LogP contribution in [-0.2, 0) is 20.1 Å². The first-order valence-corrected chi connectivity index (χ1v) is 10.1. The van der Waals surface area contributed by atoms with Crippen molar-refractivity contribution in [3.8, 4) is 5.75 Å². The van der Waals surface area contributed by atoms with Gasteiger partial charge in [-0.1, -0.05) is 26.0 Å². The van der Waals surface area contributed by atoms with E-state index in [1.165, 1.54) is 12.0 Å². The average molecular weight is 514 g/mol. The number of hydrogen-bond donors (Lipinski definition) is 2. The van der Waals surface area contributed by atoms with Crippen LogP contribution < -0.4 is 15.4 Å². The minimum absolute atomic E-state index is 0. The van der Waals surface area contributed by atoms with Crippen molar-refractivity contribution in [2.75, 3.05) is 13.2 Å². The van der Waals surface area contributed by atoms with E-state index in [0.717, 1.165) is 42.7 Å². The molecule has 0 bridgehead atoms. The maximum absolute atomic E-state index is 6.06. The van der Waals surface area contributed by atoms with Crippen molar-refractivity contribution in [1.82, 2.24) is 25.4 Å². The molecule has 0 amide bonds. The third kappa shape index (κ3) is 9.01. The van der Waals surface area contributed by atoms with Crippen LogP contribution in [0.2, 0.25) is 0 Å². The Morgan fingerprint density at radius 3 is 2.72 bits per heavy atom. The molecule has 0 aliphatic heterocycles. The first kappa shape index (κ1) is 25.2. The lowest BCUT2D eigenvalue weighted by Gasteiger charge is -2.14. The second kappa shape index (κ2) is 13.4. The highest BCUT2D eigenvalue weighted by Crippen LogP contribution is 2.22. The summed E-state index contributed by atoms with van der Waals surface area (Å²) in [4.78, 5) is 8.95. The molecule has 1 aromatic carbocycles. The number of guanidine groups is 1. The zero-order valence-corrected chi connectivity index (χ0v) is 20.6. The lowest BCUT2D eigenvalue weighted by Crippen LogP contribution is -2.37. The van der Waals surface area contributed by atoms with Gasteiger partial charge in [0.25, 0.3) is 0 Å². The fourth-order valence-corrected chi connectivity index (χ4v) is 2.75. The van der Waals surface area contributed by atoms with Crippen LogP contribution in [0.3, 0.4) is 0 Å². The van der Waals surface area contributed by atoms with Crippen molar-refractivity contribution < 1.29 is 4.74 Å². The van der Waals surface area contributed by atoms with Gasteiger partial charge in [-0.25, -0.2) is 9.98 Å². The maximum Gasteiger partial charge on any atom is 0.191 e. The second-order valence-corrected chi connectivity index (χ2v) is 7.34. The number of aryl methyl sites for hydroxylation is 2. The number of halogens is 1. The predicted octanol–water partition coefficient (Wildman–Crippen LogP) is 3.81. The van der Waals surface area contributed by atoms with Crippen molar-refractivity contribution in [3.63, 3.8) is 0 Å². The number of nitrogens with zero attached hydrogens (tertiary/aromatic N) is 4. The fraction of sp³-hybridized carbons (Fsp3) is 0.571. The molecule has 8 heteroatoms. The summed E-state index contributed by atoms with van der Waals surface area (Å²) in [5, 5.41) is 10.7. The van der Waals surface area contributed by atoms with Crippen molar-refractivity contribution in [2.24, 2.45) is 18.0 Å². The highest BCUT2D eigenvalue weighted by Gasteiger charge is 2.07. The Balaban J connectivity index is 0.00000420. The first-order valence-electron chi connectivity index (χ1n) is 10.1. The maximum atomic E-state index is 6.06. The van der Waals surface area contributed by atoms with Gasteiger partial charge in [0.15, 0.2) is 5.96 Å². The van der Waals surface area contributed by atoms with Gasteiger partial charge in [0.05, 0.1) is 19.7 Å². The molecule has 162 valence electrons. The van der Waals surface area contributed by atoms with Crippen LogP contribution in [0.5, 0.6) is 5.75 Å². The van der Waals surface area contributed by atoms with E-state index in [4.69, 9.17) is 9.73 Å². The number of nitrogens with one attached hydrogen (secondary N) is 2. The SMILES string of the molecule is CCNC(=NCc1ccc(C)cc1OCCCC(C)C)NCc1ncnn1C.I. The molecule has 0 saturated heterocycles. The highest BCUT2D eigenvalue weighted by atomic mass is 127. The van der Waals surface area contributed by atoms with Gasteiger partial charge >= 0.3 is 0 Å². The normalized spacial score (nSPS) is 11.3. The van der Waals surface area contributed by atoms with Crippen LogP contribution >= 0.6 is 24.0 Å². The molecular weight excluding hydrogens is 479 g/mol. The van der Waals surface area contributed by atoms with Crippen LogP contribution in [0.15, 0.2) is 29.5 Å². The Hall–Kier alpha value is -1.84. The summed E-state index contributed by atoms with van der Waals surface area (Å²) in [6.45, 7) is 11.3. The van der Waals surface area contributed by atoms with Gasteiger partial charge in [-0.15, -0.1) is 24.0 Å². The van der Waals surface area contributed by atoms with Crippen molar-refractivity contribution >= 4 is 29.9 Å². The van der Waals surface area contributed by atoms with E-state index in [2.05, 4.69) is 66.6 Å². The molecule has 0 unspecified atom stereocenters. The molecule has 0 atom stereocenters. The molecule has 0 aliphatic carbocycles. The molecule has 1 aromatic heterocycles. The van der Waals surface area contributed by atoms with Gasteiger partial charge in [0.1, 0.15) is 17.9 Å². The minimum Gasteiger partial charge on any atom is -0.493 e. The summed E-state index contributed by atoms with van der Waals surface area (Å²) in [5.74, 6) is 3.23. The summed E-state index contributed by atoms with van der Waals surface area (Å²) in [6, 6.07) is 6.30. The summed E-state index contributed by atoms with van der Waals surface area (Å²) >= 11 is 0. The molecule has 0 spiro atoms. The second-order valence-electron chi connectivity index (χ2n) is 7.34. The van der Waals surface area contributed by atoms with Crippen LogP contribution in [0, 0.1) is 12.8 Å². The summed E-state index contributed by atoms with van der Waals surface area (Å²) in [5.41, 5.74) is 2.28. The molecule has 0 fully saturated rings. The molecule has 29 heavy (non-hydrogen) atoms. The average Bonchev–Trinajstić information content (AvgIpc) is 3.07. The van der Waals surface area contributed by atoms with Crippen LogP contribution in [-0.4, -0.2) is 33.9 Å². The Labute approximate surface area is 191 Å². The molecule has 2 aromatic rings. The van der Waals surface area contributed by atoms with Gasteiger partial charge in [0.2, 0.25) is 0 Å². The van der Waals surface area contributed by atoms with E-state index in [-0.39, 0.29) is 24.0 Å². The minimum atomic E-state index is 0. The third-order valence-electron chi connectivity index (χ3n) is 4.38. The zero-order valence-electron chi connectivity index (χ0n) is 18.2. The topological polar surface area (TPSA) is 76.4 Å². The number of aromatic nitrogens is 3. The molecule has 0 aliphatic rings. The van der Waals surface area contributed by atoms with E-state index >= 15 is 0 Å². The van der Waals surface area contributed by atoms with Gasteiger partial charge in [-0.05, 0) is 44.2 Å². The number of hydrogen-bond acceptors (Lipinski definition) is 4. The Morgan fingerprint density at radius 1 is 1.28 bits per heavy atom. The van der Waals surface area contributed by atoms with E-state index in [0.29, 0.717) is 19.0 Å². The van der Waals surface area contributed by atoms with Gasteiger partial charge < -0.3 is 15.4 Å². The van der Waals surface area contributed by atoms with E-state index in [1.54, 1.807) is 11.0 Å². The molecule has 7 nitrogen and oxygen atoms in total. The third-order valence-corrected chi connectivity index (χ3v) is 4.38. The Kier molecular flexibility index (Phi) is 11.6. The van der Waals surface area contributed by atoms with E-state index in [9.17, 15) is 0 Å².